The van der Waals surface area contributed by atoms with Gasteiger partial charge in [-0.25, -0.2) is 4.79 Å². The van der Waals surface area contributed by atoms with Crippen LogP contribution in [0.2, 0.25) is 0 Å². The summed E-state index contributed by atoms with van der Waals surface area (Å²) in [5, 5.41) is 6.44. The van der Waals surface area contributed by atoms with Gasteiger partial charge in [-0.15, -0.1) is 0 Å². The van der Waals surface area contributed by atoms with E-state index in [4.69, 9.17) is 4.74 Å². The number of alkyl carbamates (subject to hydrolysis) is 1. The van der Waals surface area contributed by atoms with Crippen molar-refractivity contribution in [3.8, 4) is 0 Å². The van der Waals surface area contributed by atoms with Crippen LogP contribution in [0.1, 0.15) is 38.2 Å². The third kappa shape index (κ3) is 4.53. The summed E-state index contributed by atoms with van der Waals surface area (Å²) < 4.78 is 5.28. The summed E-state index contributed by atoms with van der Waals surface area (Å²) in [6.07, 6.45) is 4.24. The number of hydrogen-bond donors (Lipinski definition) is 2. The van der Waals surface area contributed by atoms with Crippen molar-refractivity contribution in [3.63, 3.8) is 0 Å². The van der Waals surface area contributed by atoms with E-state index in [0.717, 1.165) is 24.9 Å². The number of likely N-dealkylation sites (N-methyl/N-ethyl adjacent to an activating group) is 1. The number of benzene rings is 1. The molecule has 0 aromatic heterocycles. The van der Waals surface area contributed by atoms with Crippen molar-refractivity contribution >= 4 is 6.09 Å². The number of carbonyl (C=O) groups excluding carboxylic acids is 1. The van der Waals surface area contributed by atoms with E-state index in [1.807, 2.05) is 30.3 Å². The van der Waals surface area contributed by atoms with Gasteiger partial charge in [0.2, 0.25) is 0 Å². The van der Waals surface area contributed by atoms with Gasteiger partial charge in [0.15, 0.2) is 0 Å². The van der Waals surface area contributed by atoms with Gasteiger partial charge in [-0.1, -0.05) is 50.1 Å². The molecule has 2 N–H and O–H groups in total. The normalized spacial score (nSPS) is 22.2. The van der Waals surface area contributed by atoms with E-state index < -0.39 is 0 Å². The predicted molar refractivity (Wildman–Crippen MR) is 79.5 cm³/mol. The highest BCUT2D eigenvalue weighted by atomic mass is 16.5. The second-order valence-electron chi connectivity index (χ2n) is 5.26. The zero-order valence-electron chi connectivity index (χ0n) is 12.1. The van der Waals surface area contributed by atoms with Crippen molar-refractivity contribution in [2.24, 2.45) is 0 Å². The lowest BCUT2D eigenvalue weighted by Gasteiger charge is -2.32. The molecule has 2 atom stereocenters. The molecule has 1 saturated carbocycles. The summed E-state index contributed by atoms with van der Waals surface area (Å²) in [4.78, 5) is 11.9. The molecular formula is C16H24N2O2. The number of hydrogen-bond acceptors (Lipinski definition) is 3. The molecule has 0 radical (unpaired) electrons. The van der Waals surface area contributed by atoms with Crippen molar-refractivity contribution in [1.82, 2.24) is 10.6 Å². The average molecular weight is 276 g/mol. The first-order chi connectivity index (χ1) is 9.79. The number of nitrogens with one attached hydrogen (secondary N) is 2. The van der Waals surface area contributed by atoms with E-state index in [1.54, 1.807) is 0 Å². The Bertz CT molecular complexity index is 406. The van der Waals surface area contributed by atoms with Gasteiger partial charge in [0.05, 0.1) is 0 Å². The zero-order valence-corrected chi connectivity index (χ0v) is 12.1. The molecule has 4 heteroatoms. The van der Waals surface area contributed by atoms with E-state index in [-0.39, 0.29) is 12.1 Å². The zero-order chi connectivity index (χ0) is 14.2. The SMILES string of the molecule is CCNC1CCCCC1NC(=O)OCc1ccccc1. The van der Waals surface area contributed by atoms with Gasteiger partial charge >= 0.3 is 6.09 Å². The first-order valence-corrected chi connectivity index (χ1v) is 7.50. The van der Waals surface area contributed by atoms with Crippen LogP contribution in [0.4, 0.5) is 4.79 Å². The maximum atomic E-state index is 11.9. The maximum absolute atomic E-state index is 11.9. The highest BCUT2D eigenvalue weighted by molar-refractivity contribution is 5.67. The first-order valence-electron chi connectivity index (χ1n) is 7.50. The van der Waals surface area contributed by atoms with Crippen molar-refractivity contribution in [2.45, 2.75) is 51.3 Å². The monoisotopic (exact) mass is 276 g/mol. The topological polar surface area (TPSA) is 50.4 Å². The van der Waals surface area contributed by atoms with Gasteiger partial charge in [-0.2, -0.15) is 0 Å². The summed E-state index contributed by atoms with van der Waals surface area (Å²) in [7, 11) is 0. The molecule has 0 spiro atoms. The Morgan fingerprint density at radius 2 is 1.90 bits per heavy atom. The molecule has 2 unspecified atom stereocenters. The number of rotatable bonds is 5. The fraction of sp³-hybridized carbons (Fsp3) is 0.562. The molecule has 1 aromatic rings. The van der Waals surface area contributed by atoms with Crippen LogP contribution >= 0.6 is 0 Å². The lowest BCUT2D eigenvalue weighted by molar-refractivity contribution is 0.129. The smallest absolute Gasteiger partial charge is 0.407 e. The van der Waals surface area contributed by atoms with Crippen molar-refractivity contribution in [2.75, 3.05) is 6.54 Å². The minimum absolute atomic E-state index is 0.187. The summed E-state index contributed by atoms with van der Waals surface area (Å²) >= 11 is 0. The molecule has 0 aliphatic heterocycles. The standard InChI is InChI=1S/C16H24N2O2/c1-2-17-14-10-6-7-11-15(14)18-16(19)20-12-13-8-4-3-5-9-13/h3-5,8-9,14-15,17H,2,6-7,10-12H2,1H3,(H,18,19). The molecule has 20 heavy (non-hydrogen) atoms. The molecular weight excluding hydrogens is 252 g/mol. The number of ether oxygens (including phenoxy) is 1. The van der Waals surface area contributed by atoms with Crippen molar-refractivity contribution in [1.29, 1.82) is 0 Å². The highest BCUT2D eigenvalue weighted by Gasteiger charge is 2.25. The Kier molecular flexibility index (Phi) is 5.87. The third-order valence-corrected chi connectivity index (χ3v) is 3.75. The summed E-state index contributed by atoms with van der Waals surface area (Å²) in [5.41, 5.74) is 1.01. The minimum atomic E-state index is -0.316. The Balaban J connectivity index is 1.78. The van der Waals surface area contributed by atoms with Crippen LogP contribution in [-0.4, -0.2) is 24.7 Å². The van der Waals surface area contributed by atoms with Gasteiger partial charge in [-0.3, -0.25) is 0 Å². The minimum Gasteiger partial charge on any atom is -0.445 e. The molecule has 1 aliphatic rings. The van der Waals surface area contributed by atoms with Crippen LogP contribution in [0.5, 0.6) is 0 Å². The molecule has 110 valence electrons. The Morgan fingerprint density at radius 3 is 2.60 bits per heavy atom. The van der Waals surface area contributed by atoms with Gasteiger partial charge < -0.3 is 15.4 Å². The highest BCUT2D eigenvalue weighted by Crippen LogP contribution is 2.18. The molecule has 0 saturated heterocycles. The second-order valence-corrected chi connectivity index (χ2v) is 5.26. The molecule has 1 aromatic carbocycles. The van der Waals surface area contributed by atoms with Gasteiger partial charge in [-0.05, 0) is 24.9 Å². The van der Waals surface area contributed by atoms with Crippen LogP contribution < -0.4 is 10.6 Å². The molecule has 0 heterocycles. The van der Waals surface area contributed by atoms with E-state index >= 15 is 0 Å². The molecule has 1 amide bonds. The quantitative estimate of drug-likeness (QED) is 0.869. The largest absolute Gasteiger partial charge is 0.445 e. The molecule has 0 bridgehead atoms. The third-order valence-electron chi connectivity index (χ3n) is 3.75. The molecule has 2 rings (SSSR count). The molecule has 4 nitrogen and oxygen atoms in total. The Morgan fingerprint density at radius 1 is 1.20 bits per heavy atom. The predicted octanol–water partition coefficient (Wildman–Crippen LogP) is 2.83. The lowest BCUT2D eigenvalue weighted by Crippen LogP contribution is -2.51. The summed E-state index contributed by atoms with van der Waals surface area (Å²) in [6, 6.07) is 10.3. The van der Waals surface area contributed by atoms with Gasteiger partial charge in [0.25, 0.3) is 0 Å². The molecule has 1 fully saturated rings. The first kappa shape index (κ1) is 14.9. The fourth-order valence-corrected chi connectivity index (χ4v) is 2.73. The Labute approximate surface area is 120 Å². The average Bonchev–Trinajstić information content (AvgIpc) is 2.49. The van der Waals surface area contributed by atoms with Crippen molar-refractivity contribution < 1.29 is 9.53 Å². The van der Waals surface area contributed by atoms with Crippen LogP contribution in [0.25, 0.3) is 0 Å². The van der Waals surface area contributed by atoms with Crippen LogP contribution in [0.3, 0.4) is 0 Å². The fourth-order valence-electron chi connectivity index (χ4n) is 2.73. The maximum Gasteiger partial charge on any atom is 0.407 e. The van der Waals surface area contributed by atoms with Gasteiger partial charge in [0.1, 0.15) is 6.61 Å². The molecule has 1 aliphatic carbocycles. The second kappa shape index (κ2) is 7.90. The van der Waals surface area contributed by atoms with Gasteiger partial charge in [0, 0.05) is 12.1 Å². The van der Waals surface area contributed by atoms with Crippen molar-refractivity contribution in [3.05, 3.63) is 35.9 Å². The van der Waals surface area contributed by atoms with Crippen LogP contribution in [0, 0.1) is 0 Å². The van der Waals surface area contributed by atoms with E-state index in [9.17, 15) is 4.79 Å². The summed E-state index contributed by atoms with van der Waals surface area (Å²) in [6.45, 7) is 3.35. The van der Waals surface area contributed by atoms with E-state index in [2.05, 4.69) is 17.6 Å². The summed E-state index contributed by atoms with van der Waals surface area (Å²) in [5.74, 6) is 0. The lowest BCUT2D eigenvalue weighted by atomic mass is 9.90. The van der Waals surface area contributed by atoms with E-state index in [1.165, 1.54) is 12.8 Å². The van der Waals surface area contributed by atoms with Crippen LogP contribution in [0.15, 0.2) is 30.3 Å². The van der Waals surface area contributed by atoms with E-state index in [0.29, 0.717) is 12.6 Å². The van der Waals surface area contributed by atoms with Crippen LogP contribution in [-0.2, 0) is 11.3 Å². The Hall–Kier alpha value is -1.55. The number of carbonyl (C=O) groups is 1. The number of amides is 1.